The smallest absolute Gasteiger partial charge is 0.258 e. The van der Waals surface area contributed by atoms with Crippen molar-refractivity contribution in [1.29, 1.82) is 0 Å². The molecule has 2 heterocycles. The molecular formula is C23H24BrN3O2. The number of aromatic nitrogens is 2. The molecule has 1 N–H and O–H groups in total. The number of fused-ring (bicyclic) bond motifs is 2. The van der Waals surface area contributed by atoms with Crippen LogP contribution in [0, 0.1) is 0 Å². The van der Waals surface area contributed by atoms with E-state index in [9.17, 15) is 0 Å². The van der Waals surface area contributed by atoms with E-state index in [2.05, 4.69) is 44.6 Å². The molecule has 1 saturated heterocycles. The fourth-order valence-electron chi connectivity index (χ4n) is 4.68. The van der Waals surface area contributed by atoms with Gasteiger partial charge in [-0.2, -0.15) is 4.98 Å². The maximum atomic E-state index is 5.79. The van der Waals surface area contributed by atoms with Crippen LogP contribution in [0.4, 0.5) is 0 Å². The molecule has 2 aromatic carbocycles. The quantitative estimate of drug-likeness (QED) is 0.592. The van der Waals surface area contributed by atoms with Crippen molar-refractivity contribution >= 4 is 15.9 Å². The maximum Gasteiger partial charge on any atom is 0.258 e. The first-order valence-corrected chi connectivity index (χ1v) is 11.0. The van der Waals surface area contributed by atoms with Gasteiger partial charge in [0, 0.05) is 23.1 Å². The van der Waals surface area contributed by atoms with E-state index in [0.717, 1.165) is 40.9 Å². The Kier molecular flexibility index (Phi) is 4.71. The van der Waals surface area contributed by atoms with Gasteiger partial charge in [0.15, 0.2) is 0 Å². The van der Waals surface area contributed by atoms with E-state index < -0.39 is 0 Å². The number of rotatable bonds is 4. The zero-order valence-corrected chi connectivity index (χ0v) is 18.3. The molecule has 1 spiro atoms. The molecule has 5 rings (SSSR count). The second-order valence-corrected chi connectivity index (χ2v) is 9.13. The van der Waals surface area contributed by atoms with Crippen LogP contribution < -0.4 is 10.1 Å². The van der Waals surface area contributed by atoms with Crippen molar-refractivity contribution in [3.05, 3.63) is 52.0 Å². The van der Waals surface area contributed by atoms with Gasteiger partial charge in [-0.25, -0.2) is 0 Å². The number of ether oxygens (including phenoxy) is 1. The summed E-state index contributed by atoms with van der Waals surface area (Å²) >= 11 is 3.58. The summed E-state index contributed by atoms with van der Waals surface area (Å²) in [7, 11) is 0. The fraction of sp³-hybridized carbons (Fsp3) is 0.391. The van der Waals surface area contributed by atoms with Gasteiger partial charge < -0.3 is 14.6 Å². The van der Waals surface area contributed by atoms with Crippen LogP contribution in [0.25, 0.3) is 22.8 Å². The molecule has 1 atom stereocenters. The molecule has 0 bridgehead atoms. The lowest BCUT2D eigenvalue weighted by Crippen LogP contribution is -2.25. The molecule has 2 aliphatic rings. The largest absolute Gasteiger partial charge is 0.490 e. The number of nitrogens with zero attached hydrogens (tertiary/aromatic N) is 2. The van der Waals surface area contributed by atoms with Gasteiger partial charge in [-0.15, -0.1) is 0 Å². The number of hydrogen-bond acceptors (Lipinski definition) is 5. The van der Waals surface area contributed by atoms with Crippen LogP contribution in [0.15, 0.2) is 45.4 Å². The predicted octanol–water partition coefficient (Wildman–Crippen LogP) is 5.13. The summed E-state index contributed by atoms with van der Waals surface area (Å²) in [5.74, 6) is 1.99. The normalized spacial score (nSPS) is 20.6. The standard InChI is InChI=1S/C23H24BrN3O2/c1-14(2)28-20-7-6-15(12-19(20)24)22-26-21(27-29-22)17-4-3-5-18-16(17)8-9-23(18)10-11-25-13-23/h3-7,12,14,25H,8-11,13H2,1-2H3. The first-order valence-electron chi connectivity index (χ1n) is 10.2. The van der Waals surface area contributed by atoms with Gasteiger partial charge in [-0.05, 0) is 84.9 Å². The zero-order valence-electron chi connectivity index (χ0n) is 16.7. The van der Waals surface area contributed by atoms with Crippen molar-refractivity contribution in [2.75, 3.05) is 13.1 Å². The molecule has 1 unspecified atom stereocenters. The molecule has 5 nitrogen and oxygen atoms in total. The third kappa shape index (κ3) is 3.28. The first kappa shape index (κ1) is 18.8. The highest BCUT2D eigenvalue weighted by Gasteiger charge is 2.42. The van der Waals surface area contributed by atoms with Gasteiger partial charge in [-0.3, -0.25) is 0 Å². The molecule has 0 radical (unpaired) electrons. The van der Waals surface area contributed by atoms with E-state index in [-0.39, 0.29) is 11.5 Å². The molecule has 0 amide bonds. The Morgan fingerprint density at radius 3 is 2.86 bits per heavy atom. The molecule has 29 heavy (non-hydrogen) atoms. The Bertz CT molecular complexity index is 1050. The SMILES string of the molecule is CC(C)Oc1ccc(-c2nc(-c3cccc4c3CCC43CCNC3)no2)cc1Br. The highest BCUT2D eigenvalue weighted by molar-refractivity contribution is 9.10. The minimum atomic E-state index is 0.116. The summed E-state index contributed by atoms with van der Waals surface area (Å²) in [5, 5.41) is 7.85. The fourth-order valence-corrected chi connectivity index (χ4v) is 5.15. The van der Waals surface area contributed by atoms with Gasteiger partial charge in [0.25, 0.3) is 5.89 Å². The summed E-state index contributed by atoms with van der Waals surface area (Å²) in [5.41, 5.74) is 5.10. The summed E-state index contributed by atoms with van der Waals surface area (Å²) in [6.07, 6.45) is 3.59. The summed E-state index contributed by atoms with van der Waals surface area (Å²) in [4.78, 5) is 4.72. The third-order valence-electron chi connectivity index (χ3n) is 6.05. The lowest BCUT2D eigenvalue weighted by molar-refractivity contribution is 0.241. The lowest BCUT2D eigenvalue weighted by Gasteiger charge is -2.23. The minimum Gasteiger partial charge on any atom is -0.490 e. The molecule has 1 aromatic heterocycles. The Morgan fingerprint density at radius 1 is 1.21 bits per heavy atom. The average Bonchev–Trinajstić information content (AvgIpc) is 3.45. The molecule has 1 aliphatic heterocycles. The Balaban J connectivity index is 1.48. The molecule has 3 aromatic rings. The van der Waals surface area contributed by atoms with Crippen LogP contribution in [-0.4, -0.2) is 29.3 Å². The van der Waals surface area contributed by atoms with Crippen LogP contribution in [0.5, 0.6) is 5.75 Å². The molecule has 1 aliphatic carbocycles. The Labute approximate surface area is 179 Å². The van der Waals surface area contributed by atoms with E-state index >= 15 is 0 Å². The van der Waals surface area contributed by atoms with E-state index in [0.29, 0.717) is 11.7 Å². The number of nitrogens with one attached hydrogen (secondary N) is 1. The van der Waals surface area contributed by atoms with Gasteiger partial charge in [0.05, 0.1) is 10.6 Å². The number of hydrogen-bond donors (Lipinski definition) is 1. The van der Waals surface area contributed by atoms with Crippen molar-refractivity contribution in [3.8, 4) is 28.6 Å². The lowest BCUT2D eigenvalue weighted by atomic mass is 9.81. The zero-order chi connectivity index (χ0) is 20.0. The molecule has 150 valence electrons. The predicted molar refractivity (Wildman–Crippen MR) is 116 cm³/mol. The van der Waals surface area contributed by atoms with Gasteiger partial charge in [-0.1, -0.05) is 23.4 Å². The van der Waals surface area contributed by atoms with Gasteiger partial charge in [0.2, 0.25) is 5.82 Å². The van der Waals surface area contributed by atoms with E-state index in [1.807, 2.05) is 32.0 Å². The van der Waals surface area contributed by atoms with Crippen LogP contribution >= 0.6 is 15.9 Å². The molecule has 1 fully saturated rings. The van der Waals surface area contributed by atoms with Crippen molar-refractivity contribution in [2.45, 2.75) is 44.6 Å². The van der Waals surface area contributed by atoms with Crippen molar-refractivity contribution < 1.29 is 9.26 Å². The summed E-state index contributed by atoms with van der Waals surface area (Å²) < 4.78 is 12.3. The van der Waals surface area contributed by atoms with Gasteiger partial charge >= 0.3 is 0 Å². The van der Waals surface area contributed by atoms with Crippen LogP contribution in [-0.2, 0) is 11.8 Å². The number of halogens is 1. The Morgan fingerprint density at radius 2 is 2.10 bits per heavy atom. The van der Waals surface area contributed by atoms with Crippen LogP contribution in [0.1, 0.15) is 37.8 Å². The van der Waals surface area contributed by atoms with Gasteiger partial charge in [0.1, 0.15) is 5.75 Å². The second-order valence-electron chi connectivity index (χ2n) is 8.27. The summed E-state index contributed by atoms with van der Waals surface area (Å²) in [6, 6.07) is 12.4. The monoisotopic (exact) mass is 453 g/mol. The van der Waals surface area contributed by atoms with E-state index in [1.54, 1.807) is 0 Å². The molecular weight excluding hydrogens is 430 g/mol. The Hall–Kier alpha value is -2.18. The highest BCUT2D eigenvalue weighted by Crippen LogP contribution is 2.46. The third-order valence-corrected chi connectivity index (χ3v) is 6.67. The van der Waals surface area contributed by atoms with Crippen molar-refractivity contribution in [2.24, 2.45) is 0 Å². The maximum absolute atomic E-state index is 5.79. The van der Waals surface area contributed by atoms with E-state index in [1.165, 1.54) is 24.0 Å². The average molecular weight is 454 g/mol. The van der Waals surface area contributed by atoms with Crippen LogP contribution in [0.3, 0.4) is 0 Å². The van der Waals surface area contributed by atoms with Crippen molar-refractivity contribution in [3.63, 3.8) is 0 Å². The van der Waals surface area contributed by atoms with Crippen LogP contribution in [0.2, 0.25) is 0 Å². The summed E-state index contributed by atoms with van der Waals surface area (Å²) in [6.45, 7) is 6.19. The molecule has 6 heteroatoms. The second kappa shape index (κ2) is 7.26. The molecule has 0 saturated carbocycles. The first-order chi connectivity index (χ1) is 14.1. The minimum absolute atomic E-state index is 0.116. The van der Waals surface area contributed by atoms with Crippen molar-refractivity contribution in [1.82, 2.24) is 15.5 Å². The topological polar surface area (TPSA) is 60.2 Å². The van der Waals surface area contributed by atoms with E-state index in [4.69, 9.17) is 14.2 Å². The number of benzene rings is 2. The highest BCUT2D eigenvalue weighted by atomic mass is 79.9.